The molecule has 1 aliphatic heterocycles. The van der Waals surface area contributed by atoms with E-state index in [1.807, 2.05) is 6.07 Å². The zero-order valence-corrected chi connectivity index (χ0v) is 8.28. The van der Waals surface area contributed by atoms with E-state index in [0.29, 0.717) is 6.42 Å². The van der Waals surface area contributed by atoms with Crippen molar-refractivity contribution in [1.82, 2.24) is 0 Å². The molecule has 1 aromatic rings. The number of fused-ring (bicyclic) bond motifs is 1. The molecule has 0 aliphatic carbocycles. The third kappa shape index (κ3) is 1.97. The van der Waals surface area contributed by atoms with Gasteiger partial charge < -0.3 is 9.84 Å². The first kappa shape index (κ1) is 9.69. The fourth-order valence-corrected chi connectivity index (χ4v) is 2.01. The third-order valence-electron chi connectivity index (χ3n) is 2.70. The van der Waals surface area contributed by atoms with Crippen LogP contribution in [-0.2, 0) is 11.2 Å². The number of aryl methyl sites for hydroxylation is 1. The predicted octanol–water partition coefficient (Wildman–Crippen LogP) is 2.07. The van der Waals surface area contributed by atoms with Gasteiger partial charge in [0.15, 0.2) is 0 Å². The van der Waals surface area contributed by atoms with Gasteiger partial charge in [-0.3, -0.25) is 0 Å². The normalized spacial score (nSPS) is 21.4. The van der Waals surface area contributed by atoms with Crippen LogP contribution in [0.1, 0.15) is 30.1 Å². The van der Waals surface area contributed by atoms with Crippen molar-refractivity contribution in [2.45, 2.75) is 25.4 Å². The molecule has 2 nitrogen and oxygen atoms in total. The van der Waals surface area contributed by atoms with Gasteiger partial charge in [0.25, 0.3) is 0 Å². The first-order valence-electron chi connectivity index (χ1n) is 5.22. The van der Waals surface area contributed by atoms with Crippen LogP contribution in [0.15, 0.2) is 24.3 Å². The molecule has 1 unspecified atom stereocenters. The summed E-state index contributed by atoms with van der Waals surface area (Å²) in [6, 6.07) is 8.38. The third-order valence-corrected chi connectivity index (χ3v) is 2.70. The van der Waals surface area contributed by atoms with Gasteiger partial charge in [-0.05, 0) is 24.0 Å². The van der Waals surface area contributed by atoms with Crippen LogP contribution in [0, 0.1) is 0 Å². The number of rotatable bonds is 2. The van der Waals surface area contributed by atoms with Gasteiger partial charge in [0.1, 0.15) is 0 Å². The number of hydrogen-bond donors (Lipinski definition) is 1. The van der Waals surface area contributed by atoms with E-state index in [1.165, 1.54) is 11.1 Å². The molecule has 76 valence electrons. The summed E-state index contributed by atoms with van der Waals surface area (Å²) >= 11 is 0. The molecule has 0 bridgehead atoms. The van der Waals surface area contributed by atoms with E-state index in [0.717, 1.165) is 19.4 Å². The van der Waals surface area contributed by atoms with Crippen molar-refractivity contribution in [3.63, 3.8) is 0 Å². The van der Waals surface area contributed by atoms with Gasteiger partial charge in [0, 0.05) is 19.6 Å². The highest BCUT2D eigenvalue weighted by atomic mass is 16.5. The molecule has 1 N–H and O–H groups in total. The fourth-order valence-electron chi connectivity index (χ4n) is 2.01. The lowest BCUT2D eigenvalue weighted by atomic mass is 9.98. The number of ether oxygens (including phenoxy) is 1. The maximum absolute atomic E-state index is 8.96. The van der Waals surface area contributed by atoms with Crippen LogP contribution in [0.5, 0.6) is 0 Å². The van der Waals surface area contributed by atoms with Crippen molar-refractivity contribution in [2.24, 2.45) is 0 Å². The topological polar surface area (TPSA) is 29.5 Å². The largest absolute Gasteiger partial charge is 0.396 e. The summed E-state index contributed by atoms with van der Waals surface area (Å²) in [6.07, 6.45) is 2.98. The van der Waals surface area contributed by atoms with Crippen LogP contribution in [-0.4, -0.2) is 18.3 Å². The second-order valence-electron chi connectivity index (χ2n) is 3.67. The Morgan fingerprint density at radius 3 is 3.07 bits per heavy atom. The Kier molecular flexibility index (Phi) is 3.17. The molecule has 0 saturated carbocycles. The first-order valence-corrected chi connectivity index (χ1v) is 5.22. The summed E-state index contributed by atoms with van der Waals surface area (Å²) in [5.41, 5.74) is 2.64. The van der Waals surface area contributed by atoms with Crippen molar-refractivity contribution in [3.8, 4) is 0 Å². The van der Waals surface area contributed by atoms with Gasteiger partial charge in [-0.25, -0.2) is 0 Å². The zero-order valence-electron chi connectivity index (χ0n) is 8.28. The van der Waals surface area contributed by atoms with Gasteiger partial charge in [-0.15, -0.1) is 0 Å². The molecular weight excluding hydrogens is 176 g/mol. The van der Waals surface area contributed by atoms with Crippen molar-refractivity contribution >= 4 is 0 Å². The Morgan fingerprint density at radius 2 is 2.21 bits per heavy atom. The van der Waals surface area contributed by atoms with E-state index < -0.39 is 0 Å². The number of benzene rings is 1. The van der Waals surface area contributed by atoms with Gasteiger partial charge in [-0.1, -0.05) is 24.3 Å². The molecule has 1 heterocycles. The Morgan fingerprint density at radius 1 is 1.36 bits per heavy atom. The lowest BCUT2D eigenvalue weighted by Crippen LogP contribution is -2.06. The minimum Gasteiger partial charge on any atom is -0.396 e. The van der Waals surface area contributed by atoms with E-state index in [9.17, 15) is 0 Å². The minimum absolute atomic E-state index is 0.0960. The van der Waals surface area contributed by atoms with Crippen LogP contribution in [0.25, 0.3) is 0 Å². The van der Waals surface area contributed by atoms with Crippen molar-refractivity contribution in [3.05, 3.63) is 35.4 Å². The van der Waals surface area contributed by atoms with Crippen LogP contribution in [0.2, 0.25) is 0 Å². The van der Waals surface area contributed by atoms with Crippen molar-refractivity contribution in [1.29, 1.82) is 0 Å². The molecule has 0 radical (unpaired) electrons. The molecule has 1 aromatic carbocycles. The van der Waals surface area contributed by atoms with E-state index in [2.05, 4.69) is 18.2 Å². The average molecular weight is 192 g/mol. The number of aliphatic hydroxyl groups excluding tert-OH is 1. The molecule has 1 atom stereocenters. The van der Waals surface area contributed by atoms with E-state index in [-0.39, 0.29) is 12.7 Å². The second-order valence-corrected chi connectivity index (χ2v) is 3.67. The standard InChI is InChI=1S/C12H16O2/c13-8-7-12-11-6-2-1-4-10(11)5-3-9-14-12/h1-2,4,6,12-13H,3,5,7-9H2. The van der Waals surface area contributed by atoms with Crippen molar-refractivity contribution < 1.29 is 9.84 Å². The highest BCUT2D eigenvalue weighted by Gasteiger charge is 2.17. The molecule has 0 amide bonds. The summed E-state index contributed by atoms with van der Waals surface area (Å²) in [5.74, 6) is 0. The maximum atomic E-state index is 8.96. The van der Waals surface area contributed by atoms with Crippen LogP contribution < -0.4 is 0 Å². The molecule has 0 spiro atoms. The monoisotopic (exact) mass is 192 g/mol. The summed E-state index contributed by atoms with van der Waals surface area (Å²) in [7, 11) is 0. The van der Waals surface area contributed by atoms with Crippen LogP contribution in [0.4, 0.5) is 0 Å². The molecule has 0 saturated heterocycles. The molecule has 0 aromatic heterocycles. The van der Waals surface area contributed by atoms with E-state index in [4.69, 9.17) is 9.84 Å². The van der Waals surface area contributed by atoms with E-state index in [1.54, 1.807) is 0 Å². The quantitative estimate of drug-likeness (QED) is 0.777. The highest BCUT2D eigenvalue weighted by Crippen LogP contribution is 2.28. The lowest BCUT2D eigenvalue weighted by molar-refractivity contribution is 0.0383. The summed E-state index contributed by atoms with van der Waals surface area (Å²) in [4.78, 5) is 0. The van der Waals surface area contributed by atoms with Crippen molar-refractivity contribution in [2.75, 3.05) is 13.2 Å². The molecule has 14 heavy (non-hydrogen) atoms. The summed E-state index contributed by atoms with van der Waals surface area (Å²) < 4.78 is 5.71. The maximum Gasteiger partial charge on any atom is 0.0849 e. The first-order chi connectivity index (χ1) is 6.92. The summed E-state index contributed by atoms with van der Waals surface area (Å²) in [6.45, 7) is 0.998. The molecular formula is C12H16O2. The number of aliphatic hydroxyl groups is 1. The van der Waals surface area contributed by atoms with Gasteiger partial charge in [0.2, 0.25) is 0 Å². The second kappa shape index (κ2) is 4.58. The predicted molar refractivity (Wildman–Crippen MR) is 55.2 cm³/mol. The molecule has 1 aliphatic rings. The Hall–Kier alpha value is -0.860. The number of hydrogen-bond acceptors (Lipinski definition) is 2. The lowest BCUT2D eigenvalue weighted by Gasteiger charge is -2.16. The van der Waals surface area contributed by atoms with Gasteiger partial charge in [-0.2, -0.15) is 0 Å². The molecule has 0 fully saturated rings. The van der Waals surface area contributed by atoms with Gasteiger partial charge in [0.05, 0.1) is 6.10 Å². The SMILES string of the molecule is OCCC1OCCCc2ccccc21. The summed E-state index contributed by atoms with van der Waals surface area (Å²) in [5, 5.41) is 8.96. The molecule has 2 rings (SSSR count). The Bertz CT molecular complexity index is 296. The fraction of sp³-hybridized carbons (Fsp3) is 0.500. The minimum atomic E-state index is 0.0960. The van der Waals surface area contributed by atoms with Crippen LogP contribution >= 0.6 is 0 Å². The van der Waals surface area contributed by atoms with Crippen LogP contribution in [0.3, 0.4) is 0 Å². The average Bonchev–Trinajstić information content (AvgIpc) is 2.42. The Labute approximate surface area is 84.5 Å². The molecule has 2 heteroatoms. The smallest absolute Gasteiger partial charge is 0.0849 e. The zero-order chi connectivity index (χ0) is 9.80. The van der Waals surface area contributed by atoms with E-state index >= 15 is 0 Å². The Balaban J connectivity index is 2.27. The van der Waals surface area contributed by atoms with Gasteiger partial charge >= 0.3 is 0 Å². The highest BCUT2D eigenvalue weighted by molar-refractivity contribution is 5.30.